The van der Waals surface area contributed by atoms with Crippen LogP contribution in [-0.4, -0.2) is 38.5 Å². The maximum atomic E-state index is 12.2. The number of nitrogens with one attached hydrogen (secondary N) is 2. The number of rotatable bonds is 5. The minimum absolute atomic E-state index is 0.0254. The van der Waals surface area contributed by atoms with Crippen molar-refractivity contribution in [2.75, 3.05) is 31.6 Å². The second-order valence-corrected chi connectivity index (χ2v) is 5.52. The molecule has 0 saturated carbocycles. The third-order valence-corrected chi connectivity index (χ3v) is 4.04. The summed E-state index contributed by atoms with van der Waals surface area (Å²) in [6.45, 7) is 5.82. The van der Waals surface area contributed by atoms with Crippen LogP contribution < -0.4 is 15.5 Å². The Balaban J connectivity index is 2.06. The van der Waals surface area contributed by atoms with Crippen LogP contribution in [-0.2, 0) is 9.59 Å². The first-order valence-electron chi connectivity index (χ1n) is 7.33. The highest BCUT2D eigenvalue weighted by molar-refractivity contribution is 6.00. The van der Waals surface area contributed by atoms with Crippen molar-refractivity contribution in [3.05, 3.63) is 29.3 Å². The van der Waals surface area contributed by atoms with Crippen LogP contribution >= 0.6 is 0 Å². The minimum Gasteiger partial charge on any atom is -0.355 e. The Labute approximate surface area is 125 Å². The number of hydrogen-bond acceptors (Lipinski definition) is 3. The van der Waals surface area contributed by atoms with Crippen molar-refractivity contribution < 1.29 is 9.59 Å². The summed E-state index contributed by atoms with van der Waals surface area (Å²) in [6, 6.07) is 5.92. The lowest BCUT2D eigenvalue weighted by atomic mass is 10.1. The van der Waals surface area contributed by atoms with Gasteiger partial charge in [-0.05, 0) is 38.1 Å². The van der Waals surface area contributed by atoms with E-state index in [-0.39, 0.29) is 17.7 Å². The summed E-state index contributed by atoms with van der Waals surface area (Å²) in [7, 11) is 1.84. The van der Waals surface area contributed by atoms with Crippen LogP contribution in [0.4, 0.5) is 5.69 Å². The first-order chi connectivity index (χ1) is 10.0. The predicted molar refractivity (Wildman–Crippen MR) is 83.3 cm³/mol. The second-order valence-electron chi connectivity index (χ2n) is 5.52. The predicted octanol–water partition coefficient (Wildman–Crippen LogP) is 0.992. The molecule has 0 radical (unpaired) electrons. The molecule has 1 atom stereocenters. The van der Waals surface area contributed by atoms with E-state index in [1.807, 2.05) is 39.1 Å². The Morgan fingerprint density at radius 2 is 2.10 bits per heavy atom. The van der Waals surface area contributed by atoms with E-state index in [0.29, 0.717) is 19.5 Å². The van der Waals surface area contributed by atoms with Crippen molar-refractivity contribution >= 4 is 17.5 Å². The van der Waals surface area contributed by atoms with Crippen LogP contribution in [0.5, 0.6) is 0 Å². The van der Waals surface area contributed by atoms with E-state index < -0.39 is 0 Å². The Hall–Kier alpha value is -1.88. The molecule has 1 saturated heterocycles. The maximum Gasteiger partial charge on any atom is 0.227 e. The number of carbonyl (C=O) groups is 2. The van der Waals surface area contributed by atoms with E-state index in [9.17, 15) is 9.59 Å². The topological polar surface area (TPSA) is 61.4 Å². The highest BCUT2D eigenvalue weighted by Gasteiger charge is 2.35. The number of likely N-dealkylation sites (N-methyl/N-ethyl adjacent to an activating group) is 1. The van der Waals surface area contributed by atoms with Gasteiger partial charge < -0.3 is 15.5 Å². The first kappa shape index (κ1) is 15.5. The first-order valence-corrected chi connectivity index (χ1v) is 7.33. The van der Waals surface area contributed by atoms with Crippen molar-refractivity contribution in [1.29, 1.82) is 0 Å². The van der Waals surface area contributed by atoms with E-state index in [4.69, 9.17) is 0 Å². The third kappa shape index (κ3) is 3.42. The molecule has 0 bridgehead atoms. The quantitative estimate of drug-likeness (QED) is 0.795. The molecular weight excluding hydrogens is 266 g/mol. The second kappa shape index (κ2) is 6.72. The fourth-order valence-electron chi connectivity index (χ4n) is 2.60. The molecule has 2 N–H and O–H groups in total. The summed E-state index contributed by atoms with van der Waals surface area (Å²) in [4.78, 5) is 26.0. The zero-order valence-electron chi connectivity index (χ0n) is 12.9. The summed E-state index contributed by atoms with van der Waals surface area (Å²) in [5.41, 5.74) is 3.18. The van der Waals surface area contributed by atoms with Gasteiger partial charge in [-0.2, -0.15) is 0 Å². The SMILES string of the molecule is CNCCNC(=O)C1CC(=O)N(c2cccc(C)c2C)C1. The van der Waals surface area contributed by atoms with Gasteiger partial charge in [0.25, 0.3) is 0 Å². The molecule has 2 amide bonds. The molecule has 114 valence electrons. The standard InChI is InChI=1S/C16H23N3O2/c1-11-5-4-6-14(12(11)2)19-10-13(9-15(19)20)16(21)18-8-7-17-3/h4-6,13,17H,7-10H2,1-3H3,(H,18,21). The average Bonchev–Trinajstić information content (AvgIpc) is 2.84. The molecule has 1 aromatic rings. The van der Waals surface area contributed by atoms with Crippen molar-refractivity contribution in [2.45, 2.75) is 20.3 Å². The van der Waals surface area contributed by atoms with Crippen LogP contribution in [0.3, 0.4) is 0 Å². The molecule has 2 rings (SSSR count). The van der Waals surface area contributed by atoms with Gasteiger partial charge in [-0.15, -0.1) is 0 Å². The summed E-state index contributed by atoms with van der Waals surface area (Å²) in [5.74, 6) is -0.266. The van der Waals surface area contributed by atoms with Crippen LogP contribution in [0.2, 0.25) is 0 Å². The Morgan fingerprint density at radius 3 is 2.81 bits per heavy atom. The fraction of sp³-hybridized carbons (Fsp3) is 0.500. The number of benzene rings is 1. The highest BCUT2D eigenvalue weighted by Crippen LogP contribution is 2.29. The van der Waals surface area contributed by atoms with E-state index in [0.717, 1.165) is 23.4 Å². The number of aryl methyl sites for hydroxylation is 1. The molecule has 0 aliphatic carbocycles. The molecule has 5 heteroatoms. The van der Waals surface area contributed by atoms with Gasteiger partial charge in [0, 0.05) is 31.7 Å². The molecule has 1 heterocycles. The number of carbonyl (C=O) groups excluding carboxylic acids is 2. The van der Waals surface area contributed by atoms with Crippen molar-refractivity contribution in [1.82, 2.24) is 10.6 Å². The van der Waals surface area contributed by atoms with Crippen molar-refractivity contribution in [2.24, 2.45) is 5.92 Å². The molecule has 0 aromatic heterocycles. The summed E-state index contributed by atoms with van der Waals surface area (Å²) >= 11 is 0. The van der Waals surface area contributed by atoms with E-state index in [1.54, 1.807) is 4.90 Å². The van der Waals surface area contributed by atoms with Gasteiger partial charge in [-0.3, -0.25) is 9.59 Å². The number of nitrogens with zero attached hydrogens (tertiary/aromatic N) is 1. The highest BCUT2D eigenvalue weighted by atomic mass is 16.2. The smallest absolute Gasteiger partial charge is 0.227 e. The zero-order valence-corrected chi connectivity index (χ0v) is 12.9. The van der Waals surface area contributed by atoms with Gasteiger partial charge in [-0.1, -0.05) is 12.1 Å². The van der Waals surface area contributed by atoms with Gasteiger partial charge in [0.05, 0.1) is 5.92 Å². The van der Waals surface area contributed by atoms with Gasteiger partial charge >= 0.3 is 0 Å². The molecule has 5 nitrogen and oxygen atoms in total. The lowest BCUT2D eigenvalue weighted by Gasteiger charge is -2.20. The van der Waals surface area contributed by atoms with Gasteiger partial charge in [0.15, 0.2) is 0 Å². The maximum absolute atomic E-state index is 12.2. The lowest BCUT2D eigenvalue weighted by molar-refractivity contribution is -0.126. The largest absolute Gasteiger partial charge is 0.355 e. The van der Waals surface area contributed by atoms with Crippen LogP contribution in [0, 0.1) is 19.8 Å². The van der Waals surface area contributed by atoms with E-state index in [2.05, 4.69) is 10.6 Å². The molecule has 21 heavy (non-hydrogen) atoms. The molecule has 1 unspecified atom stereocenters. The molecule has 0 spiro atoms. The molecule has 1 aliphatic heterocycles. The van der Waals surface area contributed by atoms with Gasteiger partial charge in [0.2, 0.25) is 11.8 Å². The Morgan fingerprint density at radius 1 is 1.33 bits per heavy atom. The Bertz CT molecular complexity index is 542. The number of hydrogen-bond donors (Lipinski definition) is 2. The Kier molecular flexibility index (Phi) is 4.96. The van der Waals surface area contributed by atoms with Crippen LogP contribution in [0.25, 0.3) is 0 Å². The molecule has 1 fully saturated rings. The zero-order chi connectivity index (χ0) is 15.4. The number of amides is 2. The summed E-state index contributed by atoms with van der Waals surface area (Å²) < 4.78 is 0. The lowest BCUT2D eigenvalue weighted by Crippen LogP contribution is -2.36. The van der Waals surface area contributed by atoms with Crippen LogP contribution in [0.15, 0.2) is 18.2 Å². The summed E-state index contributed by atoms with van der Waals surface area (Å²) in [6.07, 6.45) is 0.290. The molecular formula is C16H23N3O2. The normalized spacial score (nSPS) is 18.1. The average molecular weight is 289 g/mol. The monoisotopic (exact) mass is 289 g/mol. The van der Waals surface area contributed by atoms with Gasteiger partial charge in [-0.25, -0.2) is 0 Å². The van der Waals surface area contributed by atoms with E-state index >= 15 is 0 Å². The summed E-state index contributed by atoms with van der Waals surface area (Å²) in [5, 5.41) is 5.84. The van der Waals surface area contributed by atoms with Crippen LogP contribution in [0.1, 0.15) is 17.5 Å². The minimum atomic E-state index is -0.255. The van der Waals surface area contributed by atoms with Crippen molar-refractivity contribution in [3.8, 4) is 0 Å². The molecule has 1 aliphatic rings. The number of anilines is 1. The van der Waals surface area contributed by atoms with Crippen molar-refractivity contribution in [3.63, 3.8) is 0 Å². The third-order valence-electron chi connectivity index (χ3n) is 4.04. The fourth-order valence-corrected chi connectivity index (χ4v) is 2.60. The van der Waals surface area contributed by atoms with E-state index in [1.165, 1.54) is 0 Å². The molecule has 1 aromatic carbocycles. The van der Waals surface area contributed by atoms with Gasteiger partial charge in [0.1, 0.15) is 0 Å².